The summed E-state index contributed by atoms with van der Waals surface area (Å²) in [4.78, 5) is 31.2. The van der Waals surface area contributed by atoms with E-state index in [4.69, 9.17) is 16.3 Å². The number of amides is 1. The van der Waals surface area contributed by atoms with Gasteiger partial charge in [-0.3, -0.25) is 14.6 Å². The van der Waals surface area contributed by atoms with E-state index in [-0.39, 0.29) is 29.2 Å². The molecule has 7 nitrogen and oxygen atoms in total. The summed E-state index contributed by atoms with van der Waals surface area (Å²) >= 11 is 6.09. The fraction of sp³-hybridized carbons (Fsp3) is 0.190. The molecule has 0 saturated heterocycles. The smallest absolute Gasteiger partial charge is 0.491 e. The maximum Gasteiger partial charge on any atom is 0.573 e. The molecule has 2 aromatic heterocycles. The van der Waals surface area contributed by atoms with E-state index in [0.717, 1.165) is 6.07 Å². The number of carbonyl (C=O) groups is 1. The van der Waals surface area contributed by atoms with Crippen LogP contribution in [0.1, 0.15) is 28.0 Å². The number of pyridine rings is 2. The van der Waals surface area contributed by atoms with Crippen molar-refractivity contribution < 1.29 is 27.4 Å². The summed E-state index contributed by atoms with van der Waals surface area (Å²) in [7, 11) is 0. The van der Waals surface area contributed by atoms with Crippen LogP contribution in [-0.2, 0) is 5.54 Å². The molecule has 32 heavy (non-hydrogen) atoms. The molecule has 1 amide bonds. The number of benzene rings is 1. The molecule has 0 bridgehead atoms. The van der Waals surface area contributed by atoms with Gasteiger partial charge in [0.15, 0.2) is 0 Å². The number of H-pyrrole nitrogens is 1. The summed E-state index contributed by atoms with van der Waals surface area (Å²) in [5, 5.41) is 2.62. The molecule has 4 rings (SSSR count). The normalized spacial score (nSPS) is 17.8. The van der Waals surface area contributed by atoms with Crippen LogP contribution in [0.15, 0.2) is 59.7 Å². The quantitative estimate of drug-likeness (QED) is 0.611. The second kappa shape index (κ2) is 8.19. The van der Waals surface area contributed by atoms with Gasteiger partial charge in [0.2, 0.25) is 5.56 Å². The van der Waals surface area contributed by atoms with Crippen LogP contribution in [0.25, 0.3) is 0 Å². The number of hydrogen-bond acceptors (Lipinski definition) is 5. The molecule has 0 spiro atoms. The predicted octanol–water partition coefficient (Wildman–Crippen LogP) is 3.78. The van der Waals surface area contributed by atoms with Crippen molar-refractivity contribution >= 4 is 17.5 Å². The Bertz CT molecular complexity index is 1210. The number of alkyl halides is 3. The van der Waals surface area contributed by atoms with E-state index in [0.29, 0.717) is 17.0 Å². The van der Waals surface area contributed by atoms with Gasteiger partial charge in [0.1, 0.15) is 22.7 Å². The molecule has 2 N–H and O–H groups in total. The molecule has 0 fully saturated rings. The van der Waals surface area contributed by atoms with Crippen LogP contribution >= 0.6 is 11.6 Å². The molecule has 3 heterocycles. The zero-order valence-electron chi connectivity index (χ0n) is 16.2. The molecule has 0 saturated carbocycles. The third kappa shape index (κ3) is 4.26. The zero-order chi connectivity index (χ0) is 22.9. The molecule has 11 heteroatoms. The van der Waals surface area contributed by atoms with Gasteiger partial charge in [-0.05, 0) is 35.9 Å². The van der Waals surface area contributed by atoms with Crippen molar-refractivity contribution in [1.29, 1.82) is 0 Å². The summed E-state index contributed by atoms with van der Waals surface area (Å²) in [6.45, 7) is 0.197. The van der Waals surface area contributed by atoms with Gasteiger partial charge >= 0.3 is 6.36 Å². The summed E-state index contributed by atoms with van der Waals surface area (Å²) in [6, 6.07) is 9.64. The Kier molecular flexibility index (Phi) is 5.55. The predicted molar refractivity (Wildman–Crippen MR) is 108 cm³/mol. The lowest BCUT2D eigenvalue weighted by Gasteiger charge is -2.39. The van der Waals surface area contributed by atoms with E-state index in [2.05, 4.69) is 20.0 Å². The Labute approximate surface area is 184 Å². The Hall–Kier alpha value is -3.53. The lowest BCUT2D eigenvalue weighted by molar-refractivity contribution is -0.274. The van der Waals surface area contributed by atoms with Crippen molar-refractivity contribution in [3.05, 3.63) is 87.1 Å². The monoisotopic (exact) mass is 465 g/mol. The largest absolute Gasteiger partial charge is 0.573 e. The Balaban J connectivity index is 1.81. The highest BCUT2D eigenvalue weighted by Crippen LogP contribution is 2.43. The summed E-state index contributed by atoms with van der Waals surface area (Å²) < 4.78 is 47.5. The van der Waals surface area contributed by atoms with Crippen molar-refractivity contribution in [2.75, 3.05) is 6.61 Å². The minimum absolute atomic E-state index is 0.177. The number of aromatic nitrogens is 2. The van der Waals surface area contributed by atoms with Gasteiger partial charge in [0.25, 0.3) is 5.91 Å². The third-order valence-electron chi connectivity index (χ3n) is 4.93. The van der Waals surface area contributed by atoms with Crippen LogP contribution in [0.4, 0.5) is 13.2 Å². The lowest BCUT2D eigenvalue weighted by Crippen LogP contribution is -2.50. The number of fused-ring (bicyclic) bond motifs is 1. The first-order valence-electron chi connectivity index (χ1n) is 9.33. The first-order valence-corrected chi connectivity index (χ1v) is 9.71. The van der Waals surface area contributed by atoms with E-state index in [1.165, 1.54) is 36.7 Å². The number of carbonyl (C=O) groups excluding carboxylic acids is 1. The summed E-state index contributed by atoms with van der Waals surface area (Å²) in [6.07, 6.45) is -1.91. The lowest BCUT2D eigenvalue weighted by atomic mass is 9.81. The molecule has 1 unspecified atom stereocenters. The molecule has 1 aromatic carbocycles. The molecule has 3 aromatic rings. The Morgan fingerprint density at radius 3 is 2.75 bits per heavy atom. The van der Waals surface area contributed by atoms with Gasteiger partial charge in [-0.1, -0.05) is 17.7 Å². The van der Waals surface area contributed by atoms with E-state index < -0.39 is 23.6 Å². The Morgan fingerprint density at radius 1 is 1.25 bits per heavy atom. The summed E-state index contributed by atoms with van der Waals surface area (Å²) in [5.41, 5.74) is -0.706. The van der Waals surface area contributed by atoms with Gasteiger partial charge in [0.05, 0.1) is 17.2 Å². The van der Waals surface area contributed by atoms with E-state index in [1.807, 2.05) is 0 Å². The molecular weight excluding hydrogens is 451 g/mol. The molecular formula is C21H15ClF3N3O4. The minimum atomic E-state index is -4.91. The molecule has 0 aliphatic carbocycles. The third-order valence-corrected chi connectivity index (χ3v) is 5.23. The fourth-order valence-electron chi connectivity index (χ4n) is 3.53. The van der Waals surface area contributed by atoms with Gasteiger partial charge < -0.3 is 19.8 Å². The van der Waals surface area contributed by atoms with Gasteiger partial charge in [-0.15, -0.1) is 13.2 Å². The van der Waals surface area contributed by atoms with Crippen molar-refractivity contribution in [2.45, 2.75) is 18.3 Å². The van der Waals surface area contributed by atoms with Crippen molar-refractivity contribution in [2.24, 2.45) is 0 Å². The van der Waals surface area contributed by atoms with Gasteiger partial charge in [0, 0.05) is 24.9 Å². The summed E-state index contributed by atoms with van der Waals surface area (Å²) in [5.74, 6) is -0.697. The second-order valence-corrected chi connectivity index (χ2v) is 7.35. The highest BCUT2D eigenvalue weighted by atomic mass is 35.5. The van der Waals surface area contributed by atoms with Gasteiger partial charge in [-0.25, -0.2) is 0 Å². The molecule has 1 aliphatic rings. The number of nitrogens with zero attached hydrogens (tertiary/aromatic N) is 1. The number of hydrogen-bond donors (Lipinski definition) is 2. The first-order chi connectivity index (χ1) is 15.2. The topological polar surface area (TPSA) is 93.3 Å². The van der Waals surface area contributed by atoms with E-state index >= 15 is 0 Å². The average Bonchev–Trinajstić information content (AvgIpc) is 2.75. The van der Waals surface area contributed by atoms with Crippen LogP contribution in [0.5, 0.6) is 11.5 Å². The fourth-order valence-corrected chi connectivity index (χ4v) is 3.75. The number of nitrogens with one attached hydrogen (secondary N) is 2. The minimum Gasteiger partial charge on any atom is -0.491 e. The highest BCUT2D eigenvalue weighted by molar-refractivity contribution is 6.32. The van der Waals surface area contributed by atoms with E-state index in [9.17, 15) is 22.8 Å². The highest BCUT2D eigenvalue weighted by Gasteiger charge is 2.43. The van der Waals surface area contributed by atoms with E-state index in [1.54, 1.807) is 12.1 Å². The maximum atomic E-state index is 13.0. The van der Waals surface area contributed by atoms with Crippen LogP contribution in [-0.4, -0.2) is 28.8 Å². The molecule has 1 aliphatic heterocycles. The molecule has 1 atom stereocenters. The zero-order valence-corrected chi connectivity index (χ0v) is 17.0. The average molecular weight is 466 g/mol. The maximum absolute atomic E-state index is 13.0. The van der Waals surface area contributed by atoms with Crippen molar-refractivity contribution in [1.82, 2.24) is 15.3 Å². The van der Waals surface area contributed by atoms with Crippen LogP contribution in [0.3, 0.4) is 0 Å². The van der Waals surface area contributed by atoms with Crippen LogP contribution in [0, 0.1) is 0 Å². The van der Waals surface area contributed by atoms with Crippen LogP contribution < -0.4 is 20.3 Å². The number of ether oxygens (including phenoxy) is 2. The molecule has 166 valence electrons. The first kappa shape index (κ1) is 21.7. The van der Waals surface area contributed by atoms with Crippen molar-refractivity contribution in [3.63, 3.8) is 0 Å². The number of rotatable bonds is 4. The van der Waals surface area contributed by atoms with Crippen molar-refractivity contribution in [3.8, 4) is 11.5 Å². The van der Waals surface area contributed by atoms with Crippen LogP contribution in [0.2, 0.25) is 5.02 Å². The number of aromatic amines is 1. The second-order valence-electron chi connectivity index (χ2n) is 6.94. The SMILES string of the molecule is O=C(NC1(c2ccc(OC(F)(F)F)c(Cl)c2)CCOc2cccnc21)c1ccc(=O)[nH]c1. The standard InChI is InChI=1S/C21H15ClF3N3O4/c22-14-10-13(4-5-15(14)32-21(23,24)25)20(7-9-31-16-2-1-8-26-18(16)20)28-19(30)12-3-6-17(29)27-11-12/h1-6,8,10-11H,7,9H2,(H,27,29)(H,28,30). The van der Waals surface area contributed by atoms with Gasteiger partial charge in [-0.2, -0.15) is 0 Å². The Morgan fingerprint density at radius 2 is 2.06 bits per heavy atom. The number of halogens is 4. The molecule has 0 radical (unpaired) electrons.